The summed E-state index contributed by atoms with van der Waals surface area (Å²) in [6.07, 6.45) is 0. The molecule has 0 heterocycles. The average molecular weight is 314 g/mol. The van der Waals surface area contributed by atoms with Gasteiger partial charge in [0.1, 0.15) is 5.75 Å². The van der Waals surface area contributed by atoms with E-state index in [1.54, 1.807) is 11.8 Å². The van der Waals surface area contributed by atoms with Crippen LogP contribution in [0.3, 0.4) is 0 Å². The summed E-state index contributed by atoms with van der Waals surface area (Å²) in [5.41, 5.74) is 1.85. The standard InChI is InChI=1S/C19H22O2S/c1-4-21-19-11-10-15(14(2)3)12-17(19)18(20)13-22-16-8-6-5-7-9-16/h5-12,14H,4,13H2,1-3H3. The molecule has 22 heavy (non-hydrogen) atoms. The molecule has 2 aromatic rings. The molecule has 0 saturated carbocycles. The van der Waals surface area contributed by atoms with E-state index in [0.29, 0.717) is 29.6 Å². The molecule has 0 spiro atoms. The fourth-order valence-corrected chi connectivity index (χ4v) is 2.95. The Morgan fingerprint density at radius 3 is 2.50 bits per heavy atom. The van der Waals surface area contributed by atoms with Crippen molar-refractivity contribution in [3.63, 3.8) is 0 Å². The average Bonchev–Trinajstić information content (AvgIpc) is 2.54. The molecule has 0 saturated heterocycles. The third-order valence-corrected chi connectivity index (χ3v) is 4.40. The number of carbonyl (C=O) groups is 1. The number of hydrogen-bond acceptors (Lipinski definition) is 3. The van der Waals surface area contributed by atoms with Gasteiger partial charge in [-0.05, 0) is 42.7 Å². The molecule has 2 nitrogen and oxygen atoms in total. The zero-order valence-electron chi connectivity index (χ0n) is 13.3. The molecule has 0 fully saturated rings. The van der Waals surface area contributed by atoms with Crippen LogP contribution in [0, 0.1) is 0 Å². The van der Waals surface area contributed by atoms with Crippen LogP contribution in [0.1, 0.15) is 42.6 Å². The Bertz CT molecular complexity index is 621. The summed E-state index contributed by atoms with van der Waals surface area (Å²) in [6.45, 7) is 6.75. The molecule has 2 rings (SSSR count). The van der Waals surface area contributed by atoms with Crippen LogP contribution in [0.25, 0.3) is 0 Å². The first-order valence-corrected chi connectivity index (χ1v) is 8.58. The maximum Gasteiger partial charge on any atom is 0.176 e. The van der Waals surface area contributed by atoms with Gasteiger partial charge in [0, 0.05) is 4.90 Å². The minimum atomic E-state index is 0.111. The lowest BCUT2D eigenvalue weighted by Gasteiger charge is -2.13. The molecular formula is C19H22O2S. The maximum absolute atomic E-state index is 12.6. The van der Waals surface area contributed by atoms with Crippen molar-refractivity contribution in [3.8, 4) is 5.75 Å². The number of benzene rings is 2. The highest BCUT2D eigenvalue weighted by molar-refractivity contribution is 8.00. The van der Waals surface area contributed by atoms with E-state index >= 15 is 0 Å². The Balaban J connectivity index is 2.17. The van der Waals surface area contributed by atoms with E-state index in [-0.39, 0.29) is 5.78 Å². The van der Waals surface area contributed by atoms with Crippen LogP contribution in [0.5, 0.6) is 5.75 Å². The van der Waals surface area contributed by atoms with Crippen molar-refractivity contribution in [1.29, 1.82) is 0 Å². The Hall–Kier alpha value is -1.74. The van der Waals surface area contributed by atoms with Gasteiger partial charge in [0.25, 0.3) is 0 Å². The predicted molar refractivity (Wildman–Crippen MR) is 93.2 cm³/mol. The summed E-state index contributed by atoms with van der Waals surface area (Å²) in [7, 11) is 0. The lowest BCUT2D eigenvalue weighted by Crippen LogP contribution is -2.07. The van der Waals surface area contributed by atoms with Crippen LogP contribution < -0.4 is 4.74 Å². The molecule has 0 radical (unpaired) electrons. The lowest BCUT2D eigenvalue weighted by atomic mass is 9.99. The molecule has 3 heteroatoms. The molecule has 0 aliphatic rings. The van der Waals surface area contributed by atoms with Crippen molar-refractivity contribution in [3.05, 3.63) is 59.7 Å². The van der Waals surface area contributed by atoms with E-state index in [1.165, 1.54) is 0 Å². The second-order valence-corrected chi connectivity index (χ2v) is 6.42. The van der Waals surface area contributed by atoms with Gasteiger partial charge in [-0.3, -0.25) is 4.79 Å². The Kier molecular flexibility index (Phi) is 6.08. The SMILES string of the molecule is CCOc1ccc(C(C)C)cc1C(=O)CSc1ccccc1. The van der Waals surface area contributed by atoms with E-state index in [9.17, 15) is 4.79 Å². The molecule has 0 unspecified atom stereocenters. The number of Topliss-reactive ketones (excluding diaryl/α,β-unsaturated/α-hetero) is 1. The summed E-state index contributed by atoms with van der Waals surface area (Å²) in [6, 6.07) is 15.9. The first-order chi connectivity index (χ1) is 10.6. The van der Waals surface area contributed by atoms with Gasteiger partial charge in [-0.15, -0.1) is 11.8 Å². The second kappa shape index (κ2) is 8.04. The van der Waals surface area contributed by atoms with Crippen LogP contribution in [0.2, 0.25) is 0 Å². The minimum absolute atomic E-state index is 0.111. The third-order valence-electron chi connectivity index (χ3n) is 3.38. The summed E-state index contributed by atoms with van der Waals surface area (Å²) >= 11 is 1.56. The molecule has 116 valence electrons. The molecule has 0 aromatic heterocycles. The van der Waals surface area contributed by atoms with Gasteiger partial charge in [0.05, 0.1) is 17.9 Å². The fraction of sp³-hybridized carbons (Fsp3) is 0.316. The largest absolute Gasteiger partial charge is 0.493 e. The smallest absolute Gasteiger partial charge is 0.176 e. The monoisotopic (exact) mass is 314 g/mol. The van der Waals surface area contributed by atoms with Crippen LogP contribution in [-0.2, 0) is 0 Å². The van der Waals surface area contributed by atoms with Crippen molar-refractivity contribution in [2.24, 2.45) is 0 Å². The highest BCUT2D eigenvalue weighted by atomic mass is 32.2. The second-order valence-electron chi connectivity index (χ2n) is 5.37. The van der Waals surface area contributed by atoms with Crippen molar-refractivity contribution in [2.75, 3.05) is 12.4 Å². The number of rotatable bonds is 7. The summed E-state index contributed by atoms with van der Waals surface area (Å²) in [5.74, 6) is 1.61. The van der Waals surface area contributed by atoms with Crippen molar-refractivity contribution in [2.45, 2.75) is 31.6 Å². The molecular weight excluding hydrogens is 292 g/mol. The van der Waals surface area contributed by atoms with Crippen LogP contribution >= 0.6 is 11.8 Å². The number of carbonyl (C=O) groups excluding carboxylic acids is 1. The number of thioether (sulfide) groups is 1. The summed E-state index contributed by atoms with van der Waals surface area (Å²) < 4.78 is 5.61. The maximum atomic E-state index is 12.6. The molecule has 0 aliphatic heterocycles. The van der Waals surface area contributed by atoms with Crippen molar-refractivity contribution >= 4 is 17.5 Å². The van der Waals surface area contributed by atoms with Gasteiger partial charge in [0.2, 0.25) is 0 Å². The van der Waals surface area contributed by atoms with Gasteiger partial charge >= 0.3 is 0 Å². The van der Waals surface area contributed by atoms with Crippen LogP contribution in [0.15, 0.2) is 53.4 Å². The van der Waals surface area contributed by atoms with Gasteiger partial charge in [-0.1, -0.05) is 38.1 Å². The van der Waals surface area contributed by atoms with Crippen LogP contribution in [0.4, 0.5) is 0 Å². The predicted octanol–water partition coefficient (Wildman–Crippen LogP) is 5.18. The Labute approximate surface area is 136 Å². The van der Waals surface area contributed by atoms with E-state index < -0.39 is 0 Å². The molecule has 2 aromatic carbocycles. The zero-order chi connectivity index (χ0) is 15.9. The van der Waals surface area contributed by atoms with Gasteiger partial charge < -0.3 is 4.74 Å². The molecule has 0 amide bonds. The lowest BCUT2D eigenvalue weighted by molar-refractivity contribution is 0.101. The number of hydrogen-bond donors (Lipinski definition) is 0. The van der Waals surface area contributed by atoms with E-state index in [2.05, 4.69) is 13.8 Å². The van der Waals surface area contributed by atoms with E-state index in [0.717, 1.165) is 10.5 Å². The molecule has 0 N–H and O–H groups in total. The Morgan fingerprint density at radius 1 is 1.14 bits per heavy atom. The molecule has 0 aliphatic carbocycles. The first-order valence-electron chi connectivity index (χ1n) is 7.59. The normalized spacial score (nSPS) is 10.7. The van der Waals surface area contributed by atoms with Gasteiger partial charge in [0.15, 0.2) is 5.78 Å². The Morgan fingerprint density at radius 2 is 1.86 bits per heavy atom. The highest BCUT2D eigenvalue weighted by Crippen LogP contribution is 2.27. The number of ketones is 1. The minimum Gasteiger partial charge on any atom is -0.493 e. The van der Waals surface area contributed by atoms with Gasteiger partial charge in [-0.25, -0.2) is 0 Å². The molecule has 0 bridgehead atoms. The third kappa shape index (κ3) is 4.38. The van der Waals surface area contributed by atoms with Gasteiger partial charge in [-0.2, -0.15) is 0 Å². The topological polar surface area (TPSA) is 26.3 Å². The zero-order valence-corrected chi connectivity index (χ0v) is 14.2. The number of ether oxygens (including phenoxy) is 1. The highest BCUT2D eigenvalue weighted by Gasteiger charge is 2.15. The van der Waals surface area contributed by atoms with E-state index in [4.69, 9.17) is 4.74 Å². The first kappa shape index (κ1) is 16.6. The quantitative estimate of drug-likeness (QED) is 0.520. The summed E-state index contributed by atoms with van der Waals surface area (Å²) in [4.78, 5) is 13.7. The molecule has 0 atom stereocenters. The van der Waals surface area contributed by atoms with Crippen molar-refractivity contribution in [1.82, 2.24) is 0 Å². The van der Waals surface area contributed by atoms with Crippen molar-refractivity contribution < 1.29 is 9.53 Å². The van der Waals surface area contributed by atoms with Crippen LogP contribution in [-0.4, -0.2) is 18.1 Å². The fourth-order valence-electron chi connectivity index (χ4n) is 2.15. The van der Waals surface area contributed by atoms with E-state index in [1.807, 2.05) is 55.5 Å². The summed E-state index contributed by atoms with van der Waals surface area (Å²) in [5, 5.41) is 0.